The van der Waals surface area contributed by atoms with Crippen LogP contribution in [0.3, 0.4) is 0 Å². The van der Waals surface area contributed by atoms with E-state index < -0.39 is 7.26 Å². The molecule has 0 bridgehead atoms. The Hall–Kier alpha value is -2.40. The number of rotatable bonds is 3. The van der Waals surface area contributed by atoms with Gasteiger partial charge in [-0.1, -0.05) is 84.9 Å². The topological polar surface area (TPSA) is 0 Å². The zero-order valence-electron chi connectivity index (χ0n) is 15.0. The van der Waals surface area contributed by atoms with E-state index in [0.29, 0.717) is 0 Å². The molecule has 0 radical (unpaired) electrons. The summed E-state index contributed by atoms with van der Waals surface area (Å²) in [6.45, 7) is 0. The van der Waals surface area contributed by atoms with Crippen LogP contribution in [0.5, 0.6) is 0 Å². The molecule has 0 saturated carbocycles. The molecular formula is C25H21ClP+. The first-order chi connectivity index (χ1) is 12.9. The fourth-order valence-corrected chi connectivity index (χ4v) is 8.95. The standard InChI is InChI=1S/C25H20P.ClH/c1-3-11-20(12-4-1)19-26(21-13-5-2-6-14-21)24-17-9-7-15-22(24)23-16-8-10-18-25(23)26;/h1-18H,19H2;1H/q+1;. The normalized spacial score (nSPS) is 13.3. The molecule has 0 atom stereocenters. The molecule has 0 unspecified atom stereocenters. The molecule has 0 spiro atoms. The summed E-state index contributed by atoms with van der Waals surface area (Å²) in [4.78, 5) is 0. The lowest BCUT2D eigenvalue weighted by Gasteiger charge is -2.24. The number of benzene rings is 4. The predicted octanol–water partition coefficient (Wildman–Crippen LogP) is 5.58. The molecule has 0 N–H and O–H groups in total. The average molecular weight is 388 g/mol. The Bertz CT molecular complexity index is 1010. The lowest BCUT2D eigenvalue weighted by atomic mass is 10.1. The Labute approximate surface area is 167 Å². The van der Waals surface area contributed by atoms with Crippen LogP contribution in [0.2, 0.25) is 0 Å². The zero-order chi connectivity index (χ0) is 17.4. The maximum absolute atomic E-state index is 2.36. The molecule has 4 aromatic carbocycles. The van der Waals surface area contributed by atoms with Gasteiger partial charge in [0.1, 0.15) is 23.2 Å². The van der Waals surface area contributed by atoms with E-state index in [1.807, 2.05) is 0 Å². The summed E-state index contributed by atoms with van der Waals surface area (Å²) >= 11 is 0. The minimum Gasteiger partial charge on any atom is -0.147 e. The molecule has 0 nitrogen and oxygen atoms in total. The van der Waals surface area contributed by atoms with Gasteiger partial charge in [0.2, 0.25) is 0 Å². The summed E-state index contributed by atoms with van der Waals surface area (Å²) in [5, 5.41) is 4.52. The van der Waals surface area contributed by atoms with Crippen molar-refractivity contribution in [1.82, 2.24) is 0 Å². The Balaban J connectivity index is 0.00000180. The third-order valence-corrected chi connectivity index (χ3v) is 9.82. The number of fused-ring (bicyclic) bond motifs is 3. The highest BCUT2D eigenvalue weighted by Crippen LogP contribution is 2.64. The molecule has 1 aliphatic rings. The van der Waals surface area contributed by atoms with Crippen LogP contribution in [0, 0.1) is 0 Å². The van der Waals surface area contributed by atoms with Crippen molar-refractivity contribution in [3.05, 3.63) is 115 Å². The van der Waals surface area contributed by atoms with Crippen molar-refractivity contribution in [2.24, 2.45) is 0 Å². The number of hydrogen-bond acceptors (Lipinski definition) is 0. The quantitative estimate of drug-likeness (QED) is 0.402. The van der Waals surface area contributed by atoms with Crippen molar-refractivity contribution >= 4 is 35.6 Å². The molecule has 0 amide bonds. The monoisotopic (exact) mass is 387 g/mol. The largest absolute Gasteiger partial charge is 0.147 e. The third-order valence-electron chi connectivity index (χ3n) is 5.38. The van der Waals surface area contributed by atoms with Crippen molar-refractivity contribution in [2.45, 2.75) is 6.16 Å². The van der Waals surface area contributed by atoms with Gasteiger partial charge in [0.15, 0.2) is 0 Å². The van der Waals surface area contributed by atoms with Crippen molar-refractivity contribution in [3.8, 4) is 11.1 Å². The molecule has 27 heavy (non-hydrogen) atoms. The summed E-state index contributed by atoms with van der Waals surface area (Å²) in [5.74, 6) is 0. The summed E-state index contributed by atoms with van der Waals surface area (Å²) in [7, 11) is -1.70. The lowest BCUT2D eigenvalue weighted by molar-refractivity contribution is 1.39. The van der Waals surface area contributed by atoms with E-state index in [0.717, 1.165) is 6.16 Å². The molecule has 0 aliphatic carbocycles. The lowest BCUT2D eigenvalue weighted by Crippen LogP contribution is -2.28. The Morgan fingerprint density at radius 2 is 0.926 bits per heavy atom. The molecular weight excluding hydrogens is 367 g/mol. The van der Waals surface area contributed by atoms with E-state index >= 15 is 0 Å². The minimum atomic E-state index is -1.70. The van der Waals surface area contributed by atoms with E-state index in [-0.39, 0.29) is 12.4 Å². The summed E-state index contributed by atoms with van der Waals surface area (Å²) in [6.07, 6.45) is 1.08. The summed E-state index contributed by atoms with van der Waals surface area (Å²) < 4.78 is 0. The molecule has 0 fully saturated rings. The van der Waals surface area contributed by atoms with Gasteiger partial charge in [-0.2, -0.15) is 0 Å². The van der Waals surface area contributed by atoms with Crippen LogP contribution in [0.1, 0.15) is 5.56 Å². The first-order valence-corrected chi connectivity index (χ1v) is 11.0. The molecule has 5 rings (SSSR count). The van der Waals surface area contributed by atoms with E-state index in [1.54, 1.807) is 0 Å². The van der Waals surface area contributed by atoms with E-state index in [9.17, 15) is 0 Å². The molecule has 2 heteroatoms. The Kier molecular flexibility index (Phi) is 4.87. The van der Waals surface area contributed by atoms with Gasteiger partial charge < -0.3 is 0 Å². The second-order valence-corrected chi connectivity index (χ2v) is 10.2. The van der Waals surface area contributed by atoms with Gasteiger partial charge in [0.25, 0.3) is 0 Å². The van der Waals surface area contributed by atoms with E-state index in [2.05, 4.69) is 109 Å². The summed E-state index contributed by atoms with van der Waals surface area (Å²) in [6, 6.07) is 40.2. The van der Waals surface area contributed by atoms with Crippen LogP contribution in [-0.2, 0) is 6.16 Å². The smallest absolute Gasteiger partial charge is 0.117 e. The molecule has 0 aromatic heterocycles. The van der Waals surface area contributed by atoms with Crippen LogP contribution >= 0.6 is 19.7 Å². The predicted molar refractivity (Wildman–Crippen MR) is 122 cm³/mol. The van der Waals surface area contributed by atoms with Crippen LogP contribution < -0.4 is 15.9 Å². The molecule has 1 heterocycles. The highest BCUT2D eigenvalue weighted by atomic mass is 35.5. The Morgan fingerprint density at radius 3 is 1.48 bits per heavy atom. The van der Waals surface area contributed by atoms with Crippen LogP contribution in [0.15, 0.2) is 109 Å². The second-order valence-electron chi connectivity index (χ2n) is 6.82. The highest BCUT2D eigenvalue weighted by molar-refractivity contribution is 7.96. The number of hydrogen-bond donors (Lipinski definition) is 0. The molecule has 4 aromatic rings. The van der Waals surface area contributed by atoms with Crippen molar-refractivity contribution in [1.29, 1.82) is 0 Å². The number of halogens is 1. The Morgan fingerprint density at radius 1 is 0.481 bits per heavy atom. The van der Waals surface area contributed by atoms with Gasteiger partial charge in [-0.05, 0) is 29.8 Å². The first kappa shape index (κ1) is 18.0. The van der Waals surface area contributed by atoms with Gasteiger partial charge in [0.05, 0.1) is 6.16 Å². The van der Waals surface area contributed by atoms with Gasteiger partial charge in [0, 0.05) is 11.1 Å². The van der Waals surface area contributed by atoms with Gasteiger partial charge in [-0.25, -0.2) is 0 Å². The highest BCUT2D eigenvalue weighted by Gasteiger charge is 2.52. The van der Waals surface area contributed by atoms with Crippen molar-refractivity contribution < 1.29 is 0 Å². The molecule has 0 saturated heterocycles. The molecule has 132 valence electrons. The summed E-state index contributed by atoms with van der Waals surface area (Å²) in [5.41, 5.74) is 4.24. The van der Waals surface area contributed by atoms with Gasteiger partial charge in [-0.3, -0.25) is 0 Å². The second kappa shape index (κ2) is 7.31. The van der Waals surface area contributed by atoms with Gasteiger partial charge >= 0.3 is 0 Å². The van der Waals surface area contributed by atoms with Crippen LogP contribution in [0.4, 0.5) is 0 Å². The first-order valence-electron chi connectivity index (χ1n) is 9.07. The SMILES string of the molecule is Cl.c1ccc(C[P+]2(c3ccccc3)c3ccccc3-c3ccccc32)cc1. The average Bonchev–Trinajstić information content (AvgIpc) is 3.01. The van der Waals surface area contributed by atoms with Crippen molar-refractivity contribution in [3.63, 3.8) is 0 Å². The molecule has 1 aliphatic heterocycles. The maximum atomic E-state index is 2.36. The van der Waals surface area contributed by atoms with E-state index in [4.69, 9.17) is 0 Å². The van der Waals surface area contributed by atoms with Crippen LogP contribution in [0.25, 0.3) is 11.1 Å². The maximum Gasteiger partial charge on any atom is 0.117 e. The van der Waals surface area contributed by atoms with E-state index in [1.165, 1.54) is 32.6 Å². The third kappa shape index (κ3) is 2.81. The van der Waals surface area contributed by atoms with Crippen molar-refractivity contribution in [2.75, 3.05) is 0 Å². The minimum absolute atomic E-state index is 0. The van der Waals surface area contributed by atoms with Gasteiger partial charge in [-0.15, -0.1) is 12.4 Å². The fraction of sp³-hybridized carbons (Fsp3) is 0.0400. The zero-order valence-corrected chi connectivity index (χ0v) is 16.7. The fourth-order valence-electron chi connectivity index (χ4n) is 4.28. The van der Waals surface area contributed by atoms with Crippen LogP contribution in [-0.4, -0.2) is 0 Å².